The van der Waals surface area contributed by atoms with Gasteiger partial charge < -0.3 is 4.74 Å². The Hall–Kier alpha value is -1.35. The minimum Gasteiger partial charge on any atom is -0.465 e. The maximum atomic E-state index is 11.9. The van der Waals surface area contributed by atoms with Gasteiger partial charge in [0.2, 0.25) is 0 Å². The molecule has 84 valence electrons. The van der Waals surface area contributed by atoms with Gasteiger partial charge in [-0.3, -0.25) is 9.59 Å². The zero-order valence-electron chi connectivity index (χ0n) is 8.83. The van der Waals surface area contributed by atoms with Gasteiger partial charge in [-0.2, -0.15) is 0 Å². The molecule has 0 aliphatic heterocycles. The fourth-order valence-corrected chi connectivity index (χ4v) is 2.22. The monoisotopic (exact) mass is 238 g/mol. The lowest BCUT2D eigenvalue weighted by atomic mass is 10.1. The number of carbonyl (C=O) groups is 2. The number of carbonyl (C=O) groups excluding carboxylic acids is 2. The highest BCUT2D eigenvalue weighted by Crippen LogP contribution is 2.32. The van der Waals surface area contributed by atoms with Crippen LogP contribution in [-0.2, 0) is 16.0 Å². The van der Waals surface area contributed by atoms with Crippen LogP contribution in [0.5, 0.6) is 0 Å². The molecule has 0 saturated carbocycles. The van der Waals surface area contributed by atoms with Crippen molar-refractivity contribution in [2.75, 3.05) is 6.61 Å². The Kier molecular flexibility index (Phi) is 2.97. The average molecular weight is 239 g/mol. The number of fused-ring (bicyclic) bond motifs is 1. The second-order valence-corrected chi connectivity index (χ2v) is 4.05. The van der Waals surface area contributed by atoms with Crippen molar-refractivity contribution in [2.24, 2.45) is 5.92 Å². The number of esters is 1. The lowest BCUT2D eigenvalue weighted by Crippen LogP contribution is -2.23. The smallest absolute Gasteiger partial charge is 0.317 e. The van der Waals surface area contributed by atoms with Gasteiger partial charge in [0.25, 0.3) is 0 Å². The topological polar surface area (TPSA) is 43.4 Å². The molecule has 1 aliphatic rings. The first-order valence-electron chi connectivity index (χ1n) is 5.13. The molecule has 1 aliphatic carbocycles. The van der Waals surface area contributed by atoms with Crippen molar-refractivity contribution >= 4 is 23.4 Å². The highest BCUT2D eigenvalue weighted by molar-refractivity contribution is 6.35. The van der Waals surface area contributed by atoms with E-state index in [0.717, 1.165) is 5.56 Å². The lowest BCUT2D eigenvalue weighted by molar-refractivity contribution is -0.145. The Bertz CT molecular complexity index is 454. The summed E-state index contributed by atoms with van der Waals surface area (Å²) in [6.45, 7) is 2.00. The fourth-order valence-electron chi connectivity index (χ4n) is 1.93. The zero-order chi connectivity index (χ0) is 11.7. The molecule has 4 heteroatoms. The van der Waals surface area contributed by atoms with E-state index in [4.69, 9.17) is 16.3 Å². The highest BCUT2D eigenvalue weighted by Gasteiger charge is 2.37. The van der Waals surface area contributed by atoms with Crippen LogP contribution < -0.4 is 0 Å². The molecule has 0 spiro atoms. The van der Waals surface area contributed by atoms with E-state index in [-0.39, 0.29) is 12.4 Å². The predicted octanol–water partition coefficient (Wildman–Crippen LogP) is 2.26. The van der Waals surface area contributed by atoms with Gasteiger partial charge in [-0.25, -0.2) is 0 Å². The SMILES string of the molecule is CCOC(=O)C1Cc2cccc(Cl)c2C1=O. The van der Waals surface area contributed by atoms with Crippen LogP contribution in [-0.4, -0.2) is 18.4 Å². The summed E-state index contributed by atoms with van der Waals surface area (Å²) in [5, 5.41) is 0.411. The van der Waals surface area contributed by atoms with Crippen LogP contribution in [0.4, 0.5) is 0 Å². The molecule has 0 aromatic heterocycles. The van der Waals surface area contributed by atoms with Gasteiger partial charge in [-0.05, 0) is 25.0 Å². The number of benzene rings is 1. The molecule has 3 nitrogen and oxygen atoms in total. The summed E-state index contributed by atoms with van der Waals surface area (Å²) in [4.78, 5) is 23.5. The summed E-state index contributed by atoms with van der Waals surface area (Å²) < 4.78 is 4.86. The molecule has 0 saturated heterocycles. The van der Waals surface area contributed by atoms with E-state index < -0.39 is 11.9 Å². The number of ketones is 1. The first kappa shape index (κ1) is 11.1. The van der Waals surface area contributed by atoms with Crippen molar-refractivity contribution < 1.29 is 14.3 Å². The van der Waals surface area contributed by atoms with Crippen LogP contribution in [0.2, 0.25) is 5.02 Å². The average Bonchev–Trinajstić information content (AvgIpc) is 2.58. The summed E-state index contributed by atoms with van der Waals surface area (Å²) in [5.41, 5.74) is 1.30. The predicted molar refractivity (Wildman–Crippen MR) is 59.6 cm³/mol. The Morgan fingerprint density at radius 1 is 1.56 bits per heavy atom. The maximum absolute atomic E-state index is 11.9. The van der Waals surface area contributed by atoms with Crippen molar-refractivity contribution in [1.29, 1.82) is 0 Å². The third-order valence-electron chi connectivity index (χ3n) is 2.66. The molecule has 0 fully saturated rings. The Morgan fingerprint density at radius 3 is 2.94 bits per heavy atom. The summed E-state index contributed by atoms with van der Waals surface area (Å²) in [7, 11) is 0. The summed E-state index contributed by atoms with van der Waals surface area (Å²) >= 11 is 5.94. The van der Waals surface area contributed by atoms with Crippen LogP contribution in [0.3, 0.4) is 0 Å². The summed E-state index contributed by atoms with van der Waals surface area (Å²) in [6, 6.07) is 5.26. The maximum Gasteiger partial charge on any atom is 0.317 e. The molecule has 0 amide bonds. The van der Waals surface area contributed by atoms with Gasteiger partial charge in [0.1, 0.15) is 5.92 Å². The van der Waals surface area contributed by atoms with Crippen molar-refractivity contribution in [2.45, 2.75) is 13.3 Å². The summed E-state index contributed by atoms with van der Waals surface area (Å²) in [6.07, 6.45) is 0.396. The molecule has 1 aromatic rings. The molecule has 2 rings (SSSR count). The number of rotatable bonds is 2. The van der Waals surface area contributed by atoms with E-state index in [1.807, 2.05) is 6.07 Å². The normalized spacial score (nSPS) is 18.4. The van der Waals surface area contributed by atoms with Gasteiger partial charge >= 0.3 is 5.97 Å². The third-order valence-corrected chi connectivity index (χ3v) is 2.97. The van der Waals surface area contributed by atoms with E-state index in [1.54, 1.807) is 19.1 Å². The molecule has 0 bridgehead atoms. The number of hydrogen-bond donors (Lipinski definition) is 0. The standard InChI is InChI=1S/C12H11ClO3/c1-2-16-12(15)8-6-7-4-3-5-9(13)10(7)11(8)14/h3-5,8H,2,6H2,1H3. The molecule has 1 unspecified atom stereocenters. The molecular formula is C12H11ClO3. The van der Waals surface area contributed by atoms with Crippen molar-refractivity contribution in [3.63, 3.8) is 0 Å². The van der Waals surface area contributed by atoms with Crippen molar-refractivity contribution in [3.05, 3.63) is 34.3 Å². The quantitative estimate of drug-likeness (QED) is 0.586. The van der Waals surface area contributed by atoms with Crippen molar-refractivity contribution in [1.82, 2.24) is 0 Å². The van der Waals surface area contributed by atoms with E-state index in [9.17, 15) is 9.59 Å². The Labute approximate surface area is 98.4 Å². The number of Topliss-reactive ketones (excluding diaryl/α,β-unsaturated/α-hetero) is 1. The molecule has 0 radical (unpaired) electrons. The van der Waals surface area contributed by atoms with Gasteiger partial charge in [0.05, 0.1) is 11.6 Å². The zero-order valence-corrected chi connectivity index (χ0v) is 9.58. The molecule has 0 heterocycles. The van der Waals surface area contributed by atoms with Gasteiger partial charge in [0.15, 0.2) is 5.78 Å². The molecular weight excluding hydrogens is 228 g/mol. The van der Waals surface area contributed by atoms with Gasteiger partial charge in [0, 0.05) is 5.56 Å². The van der Waals surface area contributed by atoms with Crippen LogP contribution in [0, 0.1) is 5.92 Å². The van der Waals surface area contributed by atoms with Crippen LogP contribution in [0.1, 0.15) is 22.8 Å². The van der Waals surface area contributed by atoms with E-state index in [2.05, 4.69) is 0 Å². The Morgan fingerprint density at radius 2 is 2.31 bits per heavy atom. The number of ether oxygens (including phenoxy) is 1. The number of hydrogen-bond acceptors (Lipinski definition) is 3. The first-order valence-corrected chi connectivity index (χ1v) is 5.51. The second kappa shape index (κ2) is 4.26. The molecule has 16 heavy (non-hydrogen) atoms. The fraction of sp³-hybridized carbons (Fsp3) is 0.333. The minimum absolute atomic E-state index is 0.223. The molecule has 1 aromatic carbocycles. The lowest BCUT2D eigenvalue weighted by Gasteiger charge is -2.06. The third kappa shape index (κ3) is 1.71. The van der Waals surface area contributed by atoms with Gasteiger partial charge in [-0.1, -0.05) is 23.7 Å². The first-order chi connectivity index (χ1) is 7.65. The minimum atomic E-state index is -0.713. The van der Waals surface area contributed by atoms with Crippen LogP contribution >= 0.6 is 11.6 Å². The van der Waals surface area contributed by atoms with E-state index in [1.165, 1.54) is 0 Å². The highest BCUT2D eigenvalue weighted by atomic mass is 35.5. The molecule has 1 atom stereocenters. The largest absolute Gasteiger partial charge is 0.465 e. The van der Waals surface area contributed by atoms with Crippen LogP contribution in [0.15, 0.2) is 18.2 Å². The van der Waals surface area contributed by atoms with Gasteiger partial charge in [-0.15, -0.1) is 0 Å². The van der Waals surface area contributed by atoms with E-state index in [0.29, 0.717) is 17.0 Å². The summed E-state index contributed by atoms with van der Waals surface area (Å²) in [5.74, 6) is -1.39. The van der Waals surface area contributed by atoms with Crippen LogP contribution in [0.25, 0.3) is 0 Å². The molecule has 0 N–H and O–H groups in total. The van der Waals surface area contributed by atoms with E-state index >= 15 is 0 Å². The second-order valence-electron chi connectivity index (χ2n) is 3.65. The Balaban J connectivity index is 2.31. The van der Waals surface area contributed by atoms with Crippen molar-refractivity contribution in [3.8, 4) is 0 Å². The number of halogens is 1.